The first-order valence-corrected chi connectivity index (χ1v) is 6.83. The zero-order chi connectivity index (χ0) is 12.8. The highest BCUT2D eigenvalue weighted by Crippen LogP contribution is 2.27. The van der Waals surface area contributed by atoms with Crippen LogP contribution >= 0.6 is 0 Å². The van der Waals surface area contributed by atoms with Crippen LogP contribution in [0.2, 0.25) is 0 Å². The number of nitrogens with two attached hydrogens (primary N) is 1. The fourth-order valence-corrected chi connectivity index (χ4v) is 2.59. The van der Waals surface area contributed by atoms with E-state index in [4.69, 9.17) is 5.73 Å². The van der Waals surface area contributed by atoms with Gasteiger partial charge in [0, 0.05) is 19.0 Å². The number of hydrogen-bond acceptors (Lipinski definition) is 2. The van der Waals surface area contributed by atoms with Crippen molar-refractivity contribution in [1.82, 2.24) is 5.32 Å². The van der Waals surface area contributed by atoms with Gasteiger partial charge in [-0.25, -0.2) is 0 Å². The number of carbonyl (C=O) groups excluding carboxylic acids is 1. The highest BCUT2D eigenvalue weighted by Gasteiger charge is 2.18. The molecule has 1 aliphatic carbocycles. The van der Waals surface area contributed by atoms with Gasteiger partial charge < -0.3 is 11.1 Å². The minimum absolute atomic E-state index is 0.112. The van der Waals surface area contributed by atoms with E-state index in [-0.39, 0.29) is 11.9 Å². The van der Waals surface area contributed by atoms with Crippen LogP contribution in [0, 0.1) is 5.92 Å². The lowest BCUT2D eigenvalue weighted by molar-refractivity contribution is -0.122. The highest BCUT2D eigenvalue weighted by molar-refractivity contribution is 5.76. The lowest BCUT2D eigenvalue weighted by atomic mass is 10.0. The second-order valence-electron chi connectivity index (χ2n) is 5.18. The van der Waals surface area contributed by atoms with E-state index in [1.807, 2.05) is 30.3 Å². The maximum Gasteiger partial charge on any atom is 0.220 e. The molecule has 3 heteroatoms. The lowest BCUT2D eigenvalue weighted by Crippen LogP contribution is -2.32. The van der Waals surface area contributed by atoms with Gasteiger partial charge in [0.05, 0.1) is 0 Å². The molecule has 1 aromatic carbocycles. The van der Waals surface area contributed by atoms with Gasteiger partial charge in [0.25, 0.3) is 0 Å². The van der Waals surface area contributed by atoms with Crippen molar-refractivity contribution >= 4 is 5.91 Å². The molecule has 0 heterocycles. The van der Waals surface area contributed by atoms with Crippen molar-refractivity contribution in [2.24, 2.45) is 11.7 Å². The Hall–Kier alpha value is -1.35. The minimum Gasteiger partial charge on any atom is -0.354 e. The quantitative estimate of drug-likeness (QED) is 0.838. The van der Waals surface area contributed by atoms with Crippen LogP contribution in [0.4, 0.5) is 0 Å². The summed E-state index contributed by atoms with van der Waals surface area (Å²) in [4.78, 5) is 11.8. The third kappa shape index (κ3) is 3.84. The number of nitrogens with one attached hydrogen (secondary N) is 1. The third-order valence-electron chi connectivity index (χ3n) is 3.70. The fourth-order valence-electron chi connectivity index (χ4n) is 2.59. The highest BCUT2D eigenvalue weighted by atomic mass is 16.1. The Morgan fingerprint density at radius 2 is 1.94 bits per heavy atom. The molecule has 0 bridgehead atoms. The van der Waals surface area contributed by atoms with E-state index in [9.17, 15) is 4.79 Å². The van der Waals surface area contributed by atoms with Crippen molar-refractivity contribution in [3.05, 3.63) is 35.9 Å². The minimum atomic E-state index is -0.112. The monoisotopic (exact) mass is 246 g/mol. The first-order valence-electron chi connectivity index (χ1n) is 6.83. The SMILES string of the molecule is NC(CNC(=O)CC1CCCC1)c1ccccc1. The molecule has 3 N–H and O–H groups in total. The largest absolute Gasteiger partial charge is 0.354 e. The summed E-state index contributed by atoms with van der Waals surface area (Å²) in [6, 6.07) is 9.78. The smallest absolute Gasteiger partial charge is 0.220 e. The number of benzene rings is 1. The summed E-state index contributed by atoms with van der Waals surface area (Å²) in [7, 11) is 0. The standard InChI is InChI=1S/C15H22N2O/c16-14(13-8-2-1-3-9-13)11-17-15(18)10-12-6-4-5-7-12/h1-3,8-9,12,14H,4-7,10-11,16H2,(H,17,18). The summed E-state index contributed by atoms with van der Waals surface area (Å²) >= 11 is 0. The number of hydrogen-bond donors (Lipinski definition) is 2. The average molecular weight is 246 g/mol. The van der Waals surface area contributed by atoms with Crippen LogP contribution < -0.4 is 11.1 Å². The van der Waals surface area contributed by atoms with Crippen molar-refractivity contribution in [3.63, 3.8) is 0 Å². The topological polar surface area (TPSA) is 55.1 Å². The van der Waals surface area contributed by atoms with Gasteiger partial charge in [-0.1, -0.05) is 43.2 Å². The van der Waals surface area contributed by atoms with E-state index >= 15 is 0 Å². The van der Waals surface area contributed by atoms with E-state index in [0.717, 1.165) is 5.56 Å². The van der Waals surface area contributed by atoms with Gasteiger partial charge in [0.1, 0.15) is 0 Å². The lowest BCUT2D eigenvalue weighted by Gasteiger charge is -2.14. The number of rotatable bonds is 5. The Kier molecular flexibility index (Phi) is 4.76. The van der Waals surface area contributed by atoms with Gasteiger partial charge in [-0.2, -0.15) is 0 Å². The number of carbonyl (C=O) groups is 1. The molecule has 0 aliphatic heterocycles. The maximum atomic E-state index is 11.8. The molecule has 1 unspecified atom stereocenters. The Labute approximate surface area is 109 Å². The van der Waals surface area contributed by atoms with Gasteiger partial charge in [-0.3, -0.25) is 4.79 Å². The van der Waals surface area contributed by atoms with Crippen molar-refractivity contribution < 1.29 is 4.79 Å². The van der Waals surface area contributed by atoms with Crippen LogP contribution in [0.3, 0.4) is 0 Å². The van der Waals surface area contributed by atoms with E-state index in [1.54, 1.807) is 0 Å². The summed E-state index contributed by atoms with van der Waals surface area (Å²) in [5.74, 6) is 0.742. The molecule has 0 spiro atoms. The molecule has 98 valence electrons. The van der Waals surface area contributed by atoms with Crippen LogP contribution in [0.5, 0.6) is 0 Å². The van der Waals surface area contributed by atoms with E-state index in [0.29, 0.717) is 18.9 Å². The second-order valence-corrected chi connectivity index (χ2v) is 5.18. The first-order chi connectivity index (χ1) is 8.75. The van der Waals surface area contributed by atoms with E-state index in [2.05, 4.69) is 5.32 Å². The first kappa shape index (κ1) is 13.1. The molecule has 0 aromatic heterocycles. The van der Waals surface area contributed by atoms with Crippen molar-refractivity contribution in [3.8, 4) is 0 Å². The normalized spacial score (nSPS) is 17.6. The molecule has 1 fully saturated rings. The van der Waals surface area contributed by atoms with Crippen LogP contribution in [0.15, 0.2) is 30.3 Å². The second kappa shape index (κ2) is 6.55. The molecule has 1 amide bonds. The number of amides is 1. The van der Waals surface area contributed by atoms with Crippen molar-refractivity contribution in [2.75, 3.05) is 6.54 Å². The van der Waals surface area contributed by atoms with Crippen molar-refractivity contribution in [2.45, 2.75) is 38.1 Å². The van der Waals surface area contributed by atoms with Crippen LogP contribution in [0.1, 0.15) is 43.7 Å². The van der Waals surface area contributed by atoms with Gasteiger partial charge in [0.15, 0.2) is 0 Å². The molecule has 18 heavy (non-hydrogen) atoms. The molecular weight excluding hydrogens is 224 g/mol. The van der Waals surface area contributed by atoms with Crippen LogP contribution in [0.25, 0.3) is 0 Å². The van der Waals surface area contributed by atoms with Crippen molar-refractivity contribution in [1.29, 1.82) is 0 Å². The van der Waals surface area contributed by atoms with Gasteiger partial charge in [-0.15, -0.1) is 0 Å². The zero-order valence-electron chi connectivity index (χ0n) is 10.8. The molecular formula is C15H22N2O. The van der Waals surface area contributed by atoms with Gasteiger partial charge in [0.2, 0.25) is 5.91 Å². The van der Waals surface area contributed by atoms with E-state index < -0.39 is 0 Å². The van der Waals surface area contributed by atoms with Crippen LogP contribution in [-0.2, 0) is 4.79 Å². The Morgan fingerprint density at radius 3 is 2.61 bits per heavy atom. The predicted molar refractivity (Wildman–Crippen MR) is 73.0 cm³/mol. The summed E-state index contributed by atoms with van der Waals surface area (Å²) in [5, 5.41) is 2.94. The van der Waals surface area contributed by atoms with Gasteiger partial charge in [-0.05, 0) is 24.3 Å². The molecule has 1 atom stereocenters. The Balaban J connectivity index is 1.72. The molecule has 1 aliphatic rings. The Bertz CT molecular complexity index is 371. The summed E-state index contributed by atoms with van der Waals surface area (Å²) in [5.41, 5.74) is 7.10. The van der Waals surface area contributed by atoms with Crippen LogP contribution in [-0.4, -0.2) is 12.5 Å². The summed E-state index contributed by atoms with van der Waals surface area (Å²) in [6.45, 7) is 0.523. The molecule has 1 saturated carbocycles. The van der Waals surface area contributed by atoms with Gasteiger partial charge >= 0.3 is 0 Å². The summed E-state index contributed by atoms with van der Waals surface area (Å²) < 4.78 is 0. The molecule has 1 aromatic rings. The average Bonchev–Trinajstić information content (AvgIpc) is 2.90. The molecule has 3 nitrogen and oxygen atoms in total. The molecule has 0 saturated heterocycles. The predicted octanol–water partition coefficient (Wildman–Crippen LogP) is 2.38. The maximum absolute atomic E-state index is 11.8. The zero-order valence-corrected chi connectivity index (χ0v) is 10.8. The molecule has 2 rings (SSSR count). The fraction of sp³-hybridized carbons (Fsp3) is 0.533. The van der Waals surface area contributed by atoms with E-state index in [1.165, 1.54) is 25.7 Å². The Morgan fingerprint density at radius 1 is 1.28 bits per heavy atom. The molecule has 0 radical (unpaired) electrons. The third-order valence-corrected chi connectivity index (χ3v) is 3.70. The summed E-state index contributed by atoms with van der Waals surface area (Å²) in [6.07, 6.45) is 5.64.